The van der Waals surface area contributed by atoms with Crippen molar-refractivity contribution in [2.45, 2.75) is 26.1 Å². The molecule has 0 bridgehead atoms. The van der Waals surface area contributed by atoms with Gasteiger partial charge in [0, 0.05) is 24.8 Å². The Morgan fingerprint density at radius 3 is 2.71 bits per heavy atom. The highest BCUT2D eigenvalue weighted by atomic mass is 35.5. The molecule has 2 aromatic heterocycles. The second-order valence-electron chi connectivity index (χ2n) is 5.88. The minimum absolute atomic E-state index is 0.0146. The molecule has 1 aromatic carbocycles. The lowest BCUT2D eigenvalue weighted by atomic mass is 10.2. The molecule has 3 rings (SSSR count). The molecule has 0 aliphatic rings. The monoisotopic (exact) mass is 414 g/mol. The van der Waals surface area contributed by atoms with Crippen LogP contribution in [0.3, 0.4) is 0 Å². The Morgan fingerprint density at radius 1 is 1.21 bits per heavy atom. The Kier molecular flexibility index (Phi) is 6.30. The van der Waals surface area contributed by atoms with Gasteiger partial charge in [-0.15, -0.1) is 5.10 Å². The lowest BCUT2D eigenvalue weighted by Gasteiger charge is -2.10. The summed E-state index contributed by atoms with van der Waals surface area (Å²) in [6, 6.07) is 6.99. The molecule has 150 valence electrons. The van der Waals surface area contributed by atoms with Gasteiger partial charge in [-0.25, -0.2) is 14.6 Å². The van der Waals surface area contributed by atoms with Gasteiger partial charge in [0.05, 0.1) is 6.54 Å². The van der Waals surface area contributed by atoms with Gasteiger partial charge >= 0.3 is 6.18 Å². The number of ether oxygens (including phenoxy) is 1. The molecule has 0 amide bonds. The number of rotatable bonds is 8. The van der Waals surface area contributed by atoms with Crippen molar-refractivity contribution in [1.82, 2.24) is 25.0 Å². The van der Waals surface area contributed by atoms with E-state index >= 15 is 0 Å². The van der Waals surface area contributed by atoms with E-state index in [4.69, 9.17) is 16.3 Å². The first-order valence-electron chi connectivity index (χ1n) is 8.63. The van der Waals surface area contributed by atoms with Crippen LogP contribution in [-0.4, -0.2) is 44.7 Å². The summed E-state index contributed by atoms with van der Waals surface area (Å²) in [5, 5.41) is 11.3. The van der Waals surface area contributed by atoms with E-state index in [1.54, 1.807) is 24.3 Å². The number of halogens is 4. The third-order valence-corrected chi connectivity index (χ3v) is 4.23. The van der Waals surface area contributed by atoms with Crippen LogP contribution in [0.25, 0.3) is 11.2 Å². The average Bonchev–Trinajstić information content (AvgIpc) is 3.06. The van der Waals surface area contributed by atoms with Crippen molar-refractivity contribution < 1.29 is 17.9 Å². The maximum absolute atomic E-state index is 13.3. The zero-order chi connectivity index (χ0) is 20.1. The van der Waals surface area contributed by atoms with Crippen LogP contribution >= 0.6 is 11.6 Å². The van der Waals surface area contributed by atoms with Crippen molar-refractivity contribution >= 4 is 28.6 Å². The van der Waals surface area contributed by atoms with Gasteiger partial charge in [0.25, 0.3) is 0 Å². The number of hydrogen-bond donors (Lipinski definition) is 1. The van der Waals surface area contributed by atoms with Gasteiger partial charge in [-0.05, 0) is 25.0 Å². The number of nitrogens with one attached hydrogen (secondary N) is 1. The molecule has 1 N–H and O–H groups in total. The summed E-state index contributed by atoms with van der Waals surface area (Å²) in [6.45, 7) is 3.44. The van der Waals surface area contributed by atoms with E-state index in [1.807, 2.05) is 6.92 Å². The second-order valence-corrected chi connectivity index (χ2v) is 6.29. The summed E-state index contributed by atoms with van der Waals surface area (Å²) in [5.74, 6) is -1.27. The van der Waals surface area contributed by atoms with Crippen LogP contribution in [0.2, 0.25) is 5.02 Å². The molecule has 3 aromatic rings. The van der Waals surface area contributed by atoms with E-state index in [-0.39, 0.29) is 23.5 Å². The minimum atomic E-state index is -4.70. The molecular weight excluding hydrogens is 397 g/mol. The van der Waals surface area contributed by atoms with Crippen LogP contribution in [0, 0.1) is 0 Å². The zero-order valence-electron chi connectivity index (χ0n) is 15.0. The first-order chi connectivity index (χ1) is 13.4. The smallest absolute Gasteiger partial charge is 0.382 e. The third kappa shape index (κ3) is 4.68. The molecular formula is C17H18ClF3N6O. The van der Waals surface area contributed by atoms with Gasteiger partial charge in [0.1, 0.15) is 0 Å². The molecule has 0 saturated carbocycles. The van der Waals surface area contributed by atoms with Crippen molar-refractivity contribution in [1.29, 1.82) is 0 Å². The van der Waals surface area contributed by atoms with E-state index in [2.05, 4.69) is 25.6 Å². The lowest BCUT2D eigenvalue weighted by Crippen LogP contribution is -2.15. The van der Waals surface area contributed by atoms with E-state index in [0.29, 0.717) is 36.8 Å². The van der Waals surface area contributed by atoms with Crippen molar-refractivity contribution in [2.75, 3.05) is 25.1 Å². The standard InChI is InChI=1S/C17H18ClF3N6O/c1-2-28-9-5-8-22-14-13-15(24-16(23-14)17(19,20)21)27(26-25-13)10-11-6-3-4-7-12(11)18/h3-4,6-7H,2,5,8-10H2,1H3,(H,22,23,24). The van der Waals surface area contributed by atoms with Crippen molar-refractivity contribution in [3.63, 3.8) is 0 Å². The fourth-order valence-corrected chi connectivity index (χ4v) is 2.72. The van der Waals surface area contributed by atoms with Crippen LogP contribution in [-0.2, 0) is 17.5 Å². The topological polar surface area (TPSA) is 77.8 Å². The predicted octanol–water partition coefficient (Wildman–Crippen LogP) is 3.78. The Hall–Kier alpha value is -2.46. The van der Waals surface area contributed by atoms with Crippen LogP contribution < -0.4 is 5.32 Å². The average molecular weight is 415 g/mol. The van der Waals surface area contributed by atoms with Gasteiger partial charge in [0.2, 0.25) is 5.82 Å². The van der Waals surface area contributed by atoms with Crippen LogP contribution in [0.15, 0.2) is 24.3 Å². The summed E-state index contributed by atoms with van der Waals surface area (Å²) in [4.78, 5) is 7.24. The zero-order valence-corrected chi connectivity index (χ0v) is 15.8. The van der Waals surface area contributed by atoms with Crippen molar-refractivity contribution in [3.8, 4) is 0 Å². The molecule has 7 nitrogen and oxygen atoms in total. The molecule has 0 saturated heterocycles. The quantitative estimate of drug-likeness (QED) is 0.565. The van der Waals surface area contributed by atoms with E-state index in [0.717, 1.165) is 0 Å². The number of fused-ring (bicyclic) bond motifs is 1. The minimum Gasteiger partial charge on any atom is -0.382 e. The van der Waals surface area contributed by atoms with E-state index in [9.17, 15) is 13.2 Å². The highest BCUT2D eigenvalue weighted by Gasteiger charge is 2.36. The second kappa shape index (κ2) is 8.70. The van der Waals surface area contributed by atoms with Crippen LogP contribution in [0.1, 0.15) is 24.7 Å². The third-order valence-electron chi connectivity index (χ3n) is 3.86. The van der Waals surface area contributed by atoms with Crippen LogP contribution in [0.5, 0.6) is 0 Å². The number of aromatic nitrogens is 5. The Morgan fingerprint density at radius 2 is 2.00 bits per heavy atom. The SMILES string of the molecule is CCOCCCNc1nc(C(F)(F)F)nc2c1nnn2Cc1ccccc1Cl. The lowest BCUT2D eigenvalue weighted by molar-refractivity contribution is -0.144. The summed E-state index contributed by atoms with van der Waals surface area (Å²) in [7, 11) is 0. The van der Waals surface area contributed by atoms with Crippen molar-refractivity contribution in [3.05, 3.63) is 40.7 Å². The Bertz CT molecular complexity index is 946. The van der Waals surface area contributed by atoms with Gasteiger partial charge in [0.15, 0.2) is 17.0 Å². The molecule has 2 heterocycles. The number of benzene rings is 1. The van der Waals surface area contributed by atoms with Gasteiger partial charge in [-0.3, -0.25) is 0 Å². The van der Waals surface area contributed by atoms with Crippen LogP contribution in [0.4, 0.5) is 19.0 Å². The molecule has 0 spiro atoms. The van der Waals surface area contributed by atoms with E-state index < -0.39 is 12.0 Å². The highest BCUT2D eigenvalue weighted by molar-refractivity contribution is 6.31. The largest absolute Gasteiger partial charge is 0.451 e. The molecule has 0 atom stereocenters. The molecule has 0 aliphatic carbocycles. The van der Waals surface area contributed by atoms with Gasteiger partial charge in [-0.2, -0.15) is 13.2 Å². The van der Waals surface area contributed by atoms with Gasteiger partial charge in [-0.1, -0.05) is 35.0 Å². The summed E-state index contributed by atoms with van der Waals surface area (Å²) >= 11 is 6.14. The molecule has 28 heavy (non-hydrogen) atoms. The Balaban J connectivity index is 1.94. The maximum atomic E-state index is 13.3. The number of alkyl halides is 3. The summed E-state index contributed by atoms with van der Waals surface area (Å²) < 4.78 is 46.3. The summed E-state index contributed by atoms with van der Waals surface area (Å²) in [6.07, 6.45) is -4.09. The van der Waals surface area contributed by atoms with E-state index in [1.165, 1.54) is 4.68 Å². The first-order valence-corrected chi connectivity index (χ1v) is 9.01. The number of anilines is 1. The van der Waals surface area contributed by atoms with Gasteiger partial charge < -0.3 is 10.1 Å². The highest BCUT2D eigenvalue weighted by Crippen LogP contribution is 2.30. The Labute approximate surface area is 163 Å². The fraction of sp³-hybridized carbons (Fsp3) is 0.412. The maximum Gasteiger partial charge on any atom is 0.451 e. The van der Waals surface area contributed by atoms with Crippen molar-refractivity contribution in [2.24, 2.45) is 0 Å². The molecule has 0 aliphatic heterocycles. The number of nitrogens with zero attached hydrogens (tertiary/aromatic N) is 5. The fourth-order valence-electron chi connectivity index (χ4n) is 2.53. The normalized spacial score (nSPS) is 11.9. The summed E-state index contributed by atoms with van der Waals surface area (Å²) in [5.41, 5.74) is 0.834. The molecule has 0 fully saturated rings. The molecule has 0 unspecified atom stereocenters. The number of hydrogen-bond acceptors (Lipinski definition) is 6. The molecule has 11 heteroatoms. The molecule has 0 radical (unpaired) electrons. The predicted molar refractivity (Wildman–Crippen MR) is 98.3 cm³/mol. The first kappa shape index (κ1) is 20.3.